The topological polar surface area (TPSA) is 306 Å². The lowest BCUT2D eigenvalue weighted by atomic mass is 9.65. The van der Waals surface area contributed by atoms with Crippen LogP contribution in [0.25, 0.3) is 0 Å². The van der Waals surface area contributed by atoms with E-state index in [1.807, 2.05) is 0 Å². The summed E-state index contributed by atoms with van der Waals surface area (Å²) in [6, 6.07) is 4.66. The van der Waals surface area contributed by atoms with Gasteiger partial charge in [-0.05, 0) is 24.6 Å². The van der Waals surface area contributed by atoms with Crippen molar-refractivity contribution in [3.63, 3.8) is 0 Å². The lowest BCUT2D eigenvalue weighted by Crippen LogP contribution is -2.63. The Kier molecular flexibility index (Phi) is 8.57. The molecule has 3 aliphatic heterocycles. The number of carbonyl (C=O) groups excluding carboxylic acids is 2. The summed E-state index contributed by atoms with van der Waals surface area (Å²) in [4.78, 5) is 62.7. The molecule has 4 heterocycles. The summed E-state index contributed by atoms with van der Waals surface area (Å²) >= 11 is 3.35. The minimum atomic E-state index is -2.31. The van der Waals surface area contributed by atoms with Gasteiger partial charge in [0.25, 0.3) is 5.56 Å². The number of amides is 1. The lowest BCUT2D eigenvalue weighted by Gasteiger charge is -2.44. The van der Waals surface area contributed by atoms with Crippen LogP contribution in [-0.4, -0.2) is 137 Å². The average molecular weight is 769 g/mol. The fraction of sp³-hybridized carbons (Fsp3) is 0.567. The van der Waals surface area contributed by atoms with Crippen LogP contribution in [0.3, 0.4) is 0 Å². The summed E-state index contributed by atoms with van der Waals surface area (Å²) in [7, 11) is 0. The van der Waals surface area contributed by atoms with Crippen LogP contribution < -0.4 is 21.9 Å². The lowest BCUT2D eigenvalue weighted by molar-refractivity contribution is -0.312. The van der Waals surface area contributed by atoms with E-state index in [0.717, 1.165) is 0 Å². The van der Waals surface area contributed by atoms with Crippen LogP contribution in [0.15, 0.2) is 37.3 Å². The highest BCUT2D eigenvalue weighted by atomic mass is 79.9. The highest BCUT2D eigenvalue weighted by molar-refractivity contribution is 9.10. The molecular formula is C30H34BrN5O14. The third-order valence-corrected chi connectivity index (χ3v) is 10.8. The second kappa shape index (κ2) is 12.3. The van der Waals surface area contributed by atoms with Gasteiger partial charge in [-0.25, -0.2) is 9.79 Å². The number of hydrogen-bond acceptors (Lipinski definition) is 16. The summed E-state index contributed by atoms with van der Waals surface area (Å²) in [5, 5.41) is 81.2. The third-order valence-electron chi connectivity index (χ3n) is 10.3. The molecule has 50 heavy (non-hydrogen) atoms. The van der Waals surface area contributed by atoms with Crippen molar-refractivity contribution in [1.82, 2.24) is 9.97 Å². The zero-order chi connectivity index (χ0) is 36.0. The van der Waals surface area contributed by atoms with Gasteiger partial charge in [0.15, 0.2) is 18.1 Å². The number of hydrogen-bond donors (Lipinski definition) is 11. The molecule has 11 N–H and O–H groups in total. The minimum Gasteiger partial charge on any atom is -0.456 e. The summed E-state index contributed by atoms with van der Waals surface area (Å²) in [5.41, 5.74) is -6.36. The summed E-state index contributed by atoms with van der Waals surface area (Å²) in [6.45, 7) is 0.506. The van der Waals surface area contributed by atoms with E-state index in [1.165, 1.54) is 13.0 Å². The summed E-state index contributed by atoms with van der Waals surface area (Å²) < 4.78 is 17.4. The molecular weight excluding hydrogens is 734 g/mol. The molecule has 5 aliphatic rings. The normalized spacial score (nSPS) is 40.5. The zero-order valence-electron chi connectivity index (χ0n) is 26.0. The molecule has 13 atom stereocenters. The molecule has 20 heteroatoms. The SMILES string of the molecule is CC1(O)C2=Nc3c([nH]c(=O)[nH]c3=O)NCC2C(C(=O)OC2C(O)C(O)CC(O)C2OC2OCC(O)C(O)C2O)C12C(=O)Nc1cc(Br)ccc12. The molecule has 3 fully saturated rings. The van der Waals surface area contributed by atoms with Crippen molar-refractivity contribution in [1.29, 1.82) is 0 Å². The number of rotatable bonds is 4. The molecule has 270 valence electrons. The zero-order valence-corrected chi connectivity index (χ0v) is 27.6. The van der Waals surface area contributed by atoms with Crippen molar-refractivity contribution in [2.24, 2.45) is 16.8 Å². The second-order valence-electron chi connectivity index (χ2n) is 13.2. The number of aliphatic hydroxyl groups excluding tert-OH is 6. The smallest absolute Gasteiger partial charge is 0.327 e. The number of benzene rings is 1. The third kappa shape index (κ3) is 5.08. The number of fused-ring (bicyclic) bond motifs is 4. The number of aromatic nitrogens is 2. The number of esters is 1. The number of H-pyrrole nitrogens is 2. The van der Waals surface area contributed by atoms with E-state index in [2.05, 4.69) is 41.5 Å². The van der Waals surface area contributed by atoms with Crippen molar-refractivity contribution < 1.29 is 59.5 Å². The van der Waals surface area contributed by atoms with Crippen molar-refractivity contribution in [3.8, 4) is 0 Å². The summed E-state index contributed by atoms with van der Waals surface area (Å²) in [5.74, 6) is -5.06. The van der Waals surface area contributed by atoms with Crippen molar-refractivity contribution in [2.75, 3.05) is 23.8 Å². The number of carbonyl (C=O) groups is 2. The Labute approximate surface area is 289 Å². The number of nitrogens with zero attached hydrogens (tertiary/aromatic N) is 1. The Morgan fingerprint density at radius 3 is 2.48 bits per heavy atom. The Balaban J connectivity index is 1.33. The number of nitrogens with one attached hydrogen (secondary N) is 4. The Bertz CT molecular complexity index is 1880. The quantitative estimate of drug-likeness (QED) is 0.134. The molecule has 1 aromatic carbocycles. The van der Waals surface area contributed by atoms with E-state index < -0.39 is 114 Å². The molecule has 1 saturated heterocycles. The molecule has 0 bridgehead atoms. The van der Waals surface area contributed by atoms with Gasteiger partial charge in [0, 0.05) is 29.0 Å². The van der Waals surface area contributed by atoms with Crippen LogP contribution >= 0.6 is 15.9 Å². The number of aliphatic imine (C=N–C) groups is 1. The largest absolute Gasteiger partial charge is 0.456 e. The average Bonchev–Trinajstić information content (AvgIpc) is 3.33. The minimum absolute atomic E-state index is 0.112. The van der Waals surface area contributed by atoms with Crippen LogP contribution in [0.4, 0.5) is 17.2 Å². The number of halogens is 1. The predicted molar refractivity (Wildman–Crippen MR) is 170 cm³/mol. The molecule has 2 aliphatic carbocycles. The highest BCUT2D eigenvalue weighted by Gasteiger charge is 2.75. The summed E-state index contributed by atoms with van der Waals surface area (Å²) in [6.07, 6.45) is -15.9. The Hall–Kier alpha value is -3.57. The number of aromatic amines is 2. The van der Waals surface area contributed by atoms with Crippen LogP contribution in [0.1, 0.15) is 18.9 Å². The molecule has 1 amide bonds. The van der Waals surface area contributed by atoms with Gasteiger partial charge in [0.1, 0.15) is 47.4 Å². The molecule has 0 radical (unpaired) electrons. The van der Waals surface area contributed by atoms with Gasteiger partial charge in [0.05, 0.1) is 30.4 Å². The van der Waals surface area contributed by atoms with E-state index in [9.17, 15) is 54.9 Å². The van der Waals surface area contributed by atoms with E-state index in [1.54, 1.807) is 12.1 Å². The first-order valence-corrected chi connectivity index (χ1v) is 16.5. The monoisotopic (exact) mass is 767 g/mol. The molecule has 13 unspecified atom stereocenters. The van der Waals surface area contributed by atoms with Gasteiger partial charge >= 0.3 is 11.7 Å². The van der Waals surface area contributed by atoms with Crippen molar-refractivity contribution >= 4 is 50.7 Å². The first-order chi connectivity index (χ1) is 23.6. The van der Waals surface area contributed by atoms with Crippen LogP contribution in [0, 0.1) is 11.8 Å². The predicted octanol–water partition coefficient (Wildman–Crippen LogP) is -3.57. The van der Waals surface area contributed by atoms with Crippen LogP contribution in [-0.2, 0) is 29.2 Å². The van der Waals surface area contributed by atoms with E-state index in [0.29, 0.717) is 4.47 Å². The van der Waals surface area contributed by atoms with Crippen molar-refractivity contribution in [3.05, 3.63) is 49.1 Å². The molecule has 1 spiro atoms. The fourth-order valence-electron chi connectivity index (χ4n) is 7.94. The van der Waals surface area contributed by atoms with Crippen LogP contribution in [0.2, 0.25) is 0 Å². The molecule has 2 saturated carbocycles. The number of ether oxygens (including phenoxy) is 3. The standard InChI is InChI=1S/C30H34BrN5O14/c1-29(47)22-9(6-32-23-16(34-22)24(43)36-28(46)35-23)15(30(29)10-3-2-8(31)4-11(10)33-27(30)45)25(44)49-21-18(41)12(37)5-13(38)20(21)50-26-19(42)17(40)14(39)7-48-26/h2-4,9,12-15,17-21,26,37-42,47H,5-7H2,1H3,(H,33,45)(H3,32,35,36,43,46). The van der Waals surface area contributed by atoms with Crippen LogP contribution in [0.5, 0.6) is 0 Å². The number of aliphatic hydroxyl groups is 7. The van der Waals surface area contributed by atoms with E-state index in [4.69, 9.17) is 14.2 Å². The van der Waals surface area contributed by atoms with E-state index >= 15 is 0 Å². The maximum atomic E-state index is 14.7. The first kappa shape index (κ1) is 34.9. The van der Waals surface area contributed by atoms with Gasteiger partial charge in [-0.1, -0.05) is 22.0 Å². The van der Waals surface area contributed by atoms with Gasteiger partial charge in [-0.3, -0.25) is 24.4 Å². The first-order valence-electron chi connectivity index (χ1n) is 15.7. The van der Waals surface area contributed by atoms with Gasteiger partial charge in [0.2, 0.25) is 5.91 Å². The van der Waals surface area contributed by atoms with Gasteiger partial charge in [-0.2, -0.15) is 0 Å². The molecule has 2 aromatic rings. The fourth-order valence-corrected chi connectivity index (χ4v) is 8.30. The van der Waals surface area contributed by atoms with Crippen molar-refractivity contribution in [2.45, 2.75) is 79.5 Å². The van der Waals surface area contributed by atoms with Gasteiger partial charge in [-0.15, -0.1) is 0 Å². The maximum absolute atomic E-state index is 14.7. The number of anilines is 2. The molecule has 19 nitrogen and oxygen atoms in total. The molecule has 1 aromatic heterocycles. The van der Waals surface area contributed by atoms with Gasteiger partial charge < -0.3 is 60.6 Å². The highest BCUT2D eigenvalue weighted by Crippen LogP contribution is 2.60. The maximum Gasteiger partial charge on any atom is 0.327 e. The Morgan fingerprint density at radius 1 is 1.00 bits per heavy atom. The molecule has 7 rings (SSSR count). The second-order valence-corrected chi connectivity index (χ2v) is 14.1. The van der Waals surface area contributed by atoms with E-state index in [-0.39, 0.29) is 35.0 Å². The Morgan fingerprint density at radius 2 is 1.74 bits per heavy atom.